The van der Waals surface area contributed by atoms with E-state index in [1.165, 1.54) is 19.3 Å². The van der Waals surface area contributed by atoms with E-state index in [1.807, 2.05) is 0 Å². The Bertz CT molecular complexity index is 337. The van der Waals surface area contributed by atoms with E-state index in [0.29, 0.717) is 5.92 Å². The molecule has 16 heavy (non-hydrogen) atoms. The van der Waals surface area contributed by atoms with Crippen molar-refractivity contribution in [3.8, 4) is 0 Å². The highest BCUT2D eigenvalue weighted by Crippen LogP contribution is 2.26. The lowest BCUT2D eigenvalue weighted by molar-refractivity contribution is 0.332. The summed E-state index contributed by atoms with van der Waals surface area (Å²) in [5.41, 5.74) is 1.11. The van der Waals surface area contributed by atoms with E-state index < -0.39 is 0 Å². The second kappa shape index (κ2) is 4.89. The molecule has 0 aromatic carbocycles. The van der Waals surface area contributed by atoms with Gasteiger partial charge in [0.05, 0.1) is 5.69 Å². The molecule has 3 heteroatoms. The highest BCUT2D eigenvalue weighted by molar-refractivity contribution is 5.28. The minimum Gasteiger partial charge on any atom is -0.355 e. The number of rotatable bonds is 5. The van der Waals surface area contributed by atoms with Crippen molar-refractivity contribution in [2.24, 2.45) is 11.8 Å². The molecule has 0 aliphatic heterocycles. The maximum atomic E-state index is 4.55. The number of anilines is 1. The van der Waals surface area contributed by atoms with E-state index in [-0.39, 0.29) is 0 Å². The largest absolute Gasteiger partial charge is 0.355 e. The summed E-state index contributed by atoms with van der Waals surface area (Å²) < 4.78 is 2.25. The Kier molecular flexibility index (Phi) is 3.52. The van der Waals surface area contributed by atoms with Crippen molar-refractivity contribution in [2.75, 3.05) is 11.9 Å². The smallest absolute Gasteiger partial charge is 0.203 e. The van der Waals surface area contributed by atoms with Gasteiger partial charge in [-0.1, -0.05) is 20.3 Å². The molecule has 0 bridgehead atoms. The first-order valence-corrected chi connectivity index (χ1v) is 6.43. The van der Waals surface area contributed by atoms with Crippen LogP contribution in [0.4, 0.5) is 5.95 Å². The van der Waals surface area contributed by atoms with Crippen molar-refractivity contribution in [3.05, 3.63) is 11.9 Å². The van der Waals surface area contributed by atoms with Gasteiger partial charge in [0.25, 0.3) is 0 Å². The summed E-state index contributed by atoms with van der Waals surface area (Å²) in [7, 11) is 0. The first-order valence-electron chi connectivity index (χ1n) is 6.43. The van der Waals surface area contributed by atoms with Gasteiger partial charge < -0.3 is 9.88 Å². The van der Waals surface area contributed by atoms with Crippen molar-refractivity contribution >= 4 is 5.95 Å². The molecule has 2 rings (SSSR count). The number of hydrogen-bond acceptors (Lipinski definition) is 2. The zero-order chi connectivity index (χ0) is 11.5. The number of aryl methyl sites for hydroxylation is 1. The fraction of sp³-hybridized carbons (Fsp3) is 0.769. The molecule has 0 unspecified atom stereocenters. The molecule has 0 spiro atoms. The molecule has 1 N–H and O–H groups in total. The summed E-state index contributed by atoms with van der Waals surface area (Å²) in [4.78, 5) is 4.55. The molecule has 90 valence electrons. The quantitative estimate of drug-likeness (QED) is 0.828. The van der Waals surface area contributed by atoms with E-state index in [4.69, 9.17) is 0 Å². The van der Waals surface area contributed by atoms with Crippen LogP contribution in [0.25, 0.3) is 0 Å². The predicted molar refractivity (Wildman–Crippen MR) is 67.6 cm³/mol. The lowest BCUT2D eigenvalue weighted by Crippen LogP contribution is -2.22. The van der Waals surface area contributed by atoms with Gasteiger partial charge in [-0.15, -0.1) is 0 Å². The minimum absolute atomic E-state index is 0.665. The van der Waals surface area contributed by atoms with Crippen LogP contribution >= 0.6 is 0 Å². The van der Waals surface area contributed by atoms with E-state index in [0.717, 1.165) is 30.6 Å². The number of nitrogens with zero attached hydrogens (tertiary/aromatic N) is 2. The Morgan fingerprint density at radius 1 is 1.50 bits per heavy atom. The molecule has 1 aliphatic carbocycles. The first kappa shape index (κ1) is 11.5. The molecule has 0 atom stereocenters. The highest BCUT2D eigenvalue weighted by atomic mass is 15.2. The van der Waals surface area contributed by atoms with Crippen LogP contribution < -0.4 is 5.32 Å². The van der Waals surface area contributed by atoms with Crippen LogP contribution in [0.15, 0.2) is 6.20 Å². The van der Waals surface area contributed by atoms with Crippen LogP contribution in [0.2, 0.25) is 0 Å². The van der Waals surface area contributed by atoms with Crippen LogP contribution in [0.1, 0.15) is 38.8 Å². The summed E-state index contributed by atoms with van der Waals surface area (Å²) in [6.45, 7) is 8.68. The molecule has 1 aromatic heterocycles. The van der Waals surface area contributed by atoms with Crippen molar-refractivity contribution in [3.63, 3.8) is 0 Å². The van der Waals surface area contributed by atoms with Crippen LogP contribution in [-0.4, -0.2) is 16.1 Å². The molecule has 0 radical (unpaired) electrons. The Labute approximate surface area is 98.3 Å². The average Bonchev–Trinajstić information content (AvgIpc) is 2.42. The first-order chi connectivity index (χ1) is 7.65. The van der Waals surface area contributed by atoms with Gasteiger partial charge in [-0.05, 0) is 31.6 Å². The van der Waals surface area contributed by atoms with E-state index >= 15 is 0 Å². The van der Waals surface area contributed by atoms with E-state index in [1.54, 1.807) is 0 Å². The van der Waals surface area contributed by atoms with Crippen LogP contribution in [0.3, 0.4) is 0 Å². The summed E-state index contributed by atoms with van der Waals surface area (Å²) in [6, 6.07) is 0. The molecule has 1 aliphatic rings. The van der Waals surface area contributed by atoms with Gasteiger partial charge >= 0.3 is 0 Å². The molecule has 0 amide bonds. The van der Waals surface area contributed by atoms with Gasteiger partial charge in [0.15, 0.2) is 0 Å². The second-order valence-electron chi connectivity index (χ2n) is 5.43. The van der Waals surface area contributed by atoms with Crippen molar-refractivity contribution < 1.29 is 0 Å². The topological polar surface area (TPSA) is 29.9 Å². The van der Waals surface area contributed by atoms with E-state index in [9.17, 15) is 0 Å². The molecule has 1 fully saturated rings. The Balaban J connectivity index is 1.94. The predicted octanol–water partition coefficient (Wildman–Crippen LogP) is 3.06. The molecule has 1 aromatic rings. The maximum Gasteiger partial charge on any atom is 0.203 e. The van der Waals surface area contributed by atoms with Crippen LogP contribution in [0.5, 0.6) is 0 Å². The minimum atomic E-state index is 0.665. The van der Waals surface area contributed by atoms with Gasteiger partial charge in [0.1, 0.15) is 0 Å². The third-order valence-corrected chi connectivity index (χ3v) is 3.23. The summed E-state index contributed by atoms with van der Waals surface area (Å²) in [5.74, 6) is 2.60. The van der Waals surface area contributed by atoms with Gasteiger partial charge in [0.2, 0.25) is 5.95 Å². The van der Waals surface area contributed by atoms with Crippen LogP contribution in [-0.2, 0) is 6.54 Å². The highest BCUT2D eigenvalue weighted by Gasteiger charge is 2.17. The SMILES string of the molecule is Cc1cn(CC(C)C)c(NCC2CCC2)n1. The molecule has 0 saturated heterocycles. The monoisotopic (exact) mass is 221 g/mol. The molecular weight excluding hydrogens is 198 g/mol. The Hall–Kier alpha value is -0.990. The van der Waals surface area contributed by atoms with Gasteiger partial charge in [-0.2, -0.15) is 0 Å². The number of aromatic nitrogens is 2. The van der Waals surface area contributed by atoms with E-state index in [2.05, 4.69) is 41.8 Å². The fourth-order valence-corrected chi connectivity index (χ4v) is 2.15. The number of imidazole rings is 1. The number of nitrogens with one attached hydrogen (secondary N) is 1. The third-order valence-electron chi connectivity index (χ3n) is 3.23. The van der Waals surface area contributed by atoms with Crippen molar-refractivity contribution in [2.45, 2.75) is 46.6 Å². The zero-order valence-electron chi connectivity index (χ0n) is 10.7. The average molecular weight is 221 g/mol. The van der Waals surface area contributed by atoms with Crippen molar-refractivity contribution in [1.29, 1.82) is 0 Å². The third kappa shape index (κ3) is 2.77. The Morgan fingerprint density at radius 2 is 2.25 bits per heavy atom. The standard InChI is InChI=1S/C13H23N3/c1-10(2)8-16-9-11(3)15-13(16)14-7-12-5-4-6-12/h9-10,12H,4-8H2,1-3H3,(H,14,15). The van der Waals surface area contributed by atoms with Gasteiger partial charge in [0, 0.05) is 19.3 Å². The normalized spacial score (nSPS) is 16.5. The zero-order valence-corrected chi connectivity index (χ0v) is 10.7. The molecular formula is C13H23N3. The maximum absolute atomic E-state index is 4.55. The second-order valence-corrected chi connectivity index (χ2v) is 5.43. The molecule has 3 nitrogen and oxygen atoms in total. The van der Waals surface area contributed by atoms with Gasteiger partial charge in [-0.25, -0.2) is 4.98 Å². The van der Waals surface area contributed by atoms with Crippen LogP contribution in [0, 0.1) is 18.8 Å². The molecule has 1 saturated carbocycles. The fourth-order valence-electron chi connectivity index (χ4n) is 2.15. The number of hydrogen-bond donors (Lipinski definition) is 1. The Morgan fingerprint density at radius 3 is 2.81 bits per heavy atom. The summed E-state index contributed by atoms with van der Waals surface area (Å²) in [5, 5.41) is 3.49. The van der Waals surface area contributed by atoms with Gasteiger partial charge in [-0.3, -0.25) is 0 Å². The lowest BCUT2D eigenvalue weighted by atomic mass is 9.85. The lowest BCUT2D eigenvalue weighted by Gasteiger charge is -2.25. The summed E-state index contributed by atoms with van der Waals surface area (Å²) in [6.07, 6.45) is 6.32. The summed E-state index contributed by atoms with van der Waals surface area (Å²) >= 11 is 0. The molecule has 1 heterocycles. The van der Waals surface area contributed by atoms with Crippen molar-refractivity contribution in [1.82, 2.24) is 9.55 Å².